The van der Waals surface area contributed by atoms with Crippen molar-refractivity contribution in [3.05, 3.63) is 51.9 Å². The highest BCUT2D eigenvalue weighted by Crippen LogP contribution is 2.41. The molecule has 2 aliphatic carbocycles. The monoisotopic (exact) mass is 487 g/mol. The summed E-state index contributed by atoms with van der Waals surface area (Å²) in [5, 5.41) is 14.1. The van der Waals surface area contributed by atoms with Crippen LogP contribution in [0.3, 0.4) is 0 Å². The Morgan fingerprint density at radius 1 is 1.03 bits per heavy atom. The molecule has 4 N–H and O–H groups in total. The van der Waals surface area contributed by atoms with E-state index < -0.39 is 5.82 Å². The van der Waals surface area contributed by atoms with Gasteiger partial charge in [-0.3, -0.25) is 9.78 Å². The van der Waals surface area contributed by atoms with Crippen LogP contribution in [0.5, 0.6) is 5.75 Å². The number of carbonyl (C=O) groups excluding carboxylic acids is 1. The highest BCUT2D eigenvalue weighted by molar-refractivity contribution is 6.37. The first kappa shape index (κ1) is 22.4. The SMILES string of the molecule is N[C@H]1CC[C@H](Nc2c(C(=O)C3CC3)cnc3c(F)cc(-c4cc(Cl)c(O)c(Cl)c4)cc23)CC1. The molecule has 2 aliphatic rings. The number of anilines is 1. The van der Waals surface area contributed by atoms with Crippen LogP contribution in [0.2, 0.25) is 10.0 Å². The molecule has 172 valence electrons. The van der Waals surface area contributed by atoms with Gasteiger partial charge < -0.3 is 16.2 Å². The normalized spacial score (nSPS) is 20.7. The second-order valence-electron chi connectivity index (χ2n) is 9.08. The second-order valence-corrected chi connectivity index (χ2v) is 9.90. The smallest absolute Gasteiger partial charge is 0.169 e. The van der Waals surface area contributed by atoms with Crippen LogP contribution in [-0.4, -0.2) is 28.0 Å². The fraction of sp³-hybridized carbons (Fsp3) is 0.360. The number of nitrogens with zero attached hydrogens (tertiary/aromatic N) is 1. The summed E-state index contributed by atoms with van der Waals surface area (Å²) >= 11 is 12.2. The molecule has 33 heavy (non-hydrogen) atoms. The van der Waals surface area contributed by atoms with Crippen molar-refractivity contribution < 1.29 is 14.3 Å². The number of aromatic nitrogens is 1. The number of hydrogen-bond donors (Lipinski definition) is 3. The van der Waals surface area contributed by atoms with Gasteiger partial charge in [-0.25, -0.2) is 4.39 Å². The lowest BCUT2D eigenvalue weighted by atomic mass is 9.91. The van der Waals surface area contributed by atoms with Crippen LogP contribution >= 0.6 is 23.2 Å². The lowest BCUT2D eigenvalue weighted by Gasteiger charge is -2.29. The summed E-state index contributed by atoms with van der Waals surface area (Å²) < 4.78 is 15.2. The summed E-state index contributed by atoms with van der Waals surface area (Å²) in [5.74, 6) is -0.685. The van der Waals surface area contributed by atoms with Gasteiger partial charge in [0.15, 0.2) is 11.5 Å². The molecule has 5 nitrogen and oxygen atoms in total. The summed E-state index contributed by atoms with van der Waals surface area (Å²) in [5.41, 5.74) is 8.45. The van der Waals surface area contributed by atoms with Gasteiger partial charge in [0, 0.05) is 29.6 Å². The molecule has 2 aromatic carbocycles. The van der Waals surface area contributed by atoms with E-state index in [-0.39, 0.29) is 45.1 Å². The molecule has 0 saturated heterocycles. The molecule has 5 rings (SSSR count). The fourth-order valence-electron chi connectivity index (χ4n) is 4.53. The number of pyridine rings is 1. The minimum atomic E-state index is -0.512. The van der Waals surface area contributed by atoms with Crippen molar-refractivity contribution in [3.8, 4) is 16.9 Å². The molecule has 1 aromatic heterocycles. The quantitative estimate of drug-likeness (QED) is 0.366. The van der Waals surface area contributed by atoms with Gasteiger partial charge in [0.05, 0.1) is 21.3 Å². The fourth-order valence-corrected chi connectivity index (χ4v) is 5.02. The lowest BCUT2D eigenvalue weighted by molar-refractivity contribution is 0.0968. The van der Waals surface area contributed by atoms with Gasteiger partial charge in [0.25, 0.3) is 0 Å². The third kappa shape index (κ3) is 4.39. The number of phenolic OH excluding ortho intramolecular Hbond substituents is 1. The molecule has 2 fully saturated rings. The molecular weight excluding hydrogens is 464 g/mol. The van der Waals surface area contributed by atoms with Crippen molar-refractivity contribution >= 4 is 45.6 Å². The van der Waals surface area contributed by atoms with E-state index in [1.807, 2.05) is 0 Å². The molecule has 0 radical (unpaired) electrons. The molecule has 0 aliphatic heterocycles. The van der Waals surface area contributed by atoms with Crippen molar-refractivity contribution in [1.82, 2.24) is 4.98 Å². The molecule has 0 unspecified atom stereocenters. The summed E-state index contributed by atoms with van der Waals surface area (Å²) in [6.45, 7) is 0. The second kappa shape index (κ2) is 8.75. The van der Waals surface area contributed by atoms with Gasteiger partial charge in [-0.2, -0.15) is 0 Å². The molecule has 0 atom stereocenters. The number of rotatable bonds is 5. The minimum Gasteiger partial charge on any atom is -0.505 e. The van der Waals surface area contributed by atoms with E-state index in [1.54, 1.807) is 6.07 Å². The Morgan fingerprint density at radius 3 is 2.30 bits per heavy atom. The predicted octanol–water partition coefficient (Wildman–Crippen LogP) is 6.33. The Balaban J connectivity index is 1.66. The van der Waals surface area contributed by atoms with Gasteiger partial charge >= 0.3 is 0 Å². The third-order valence-electron chi connectivity index (χ3n) is 6.61. The number of aromatic hydroxyl groups is 1. The maximum absolute atomic E-state index is 15.2. The zero-order valence-electron chi connectivity index (χ0n) is 17.9. The number of fused-ring (bicyclic) bond motifs is 1. The van der Waals surface area contributed by atoms with Crippen molar-refractivity contribution in [1.29, 1.82) is 0 Å². The van der Waals surface area contributed by atoms with E-state index in [4.69, 9.17) is 28.9 Å². The van der Waals surface area contributed by atoms with Crippen LogP contribution in [-0.2, 0) is 0 Å². The number of carbonyl (C=O) groups is 1. The van der Waals surface area contributed by atoms with Crippen LogP contribution in [0.1, 0.15) is 48.9 Å². The minimum absolute atomic E-state index is 0.00678. The van der Waals surface area contributed by atoms with Crippen molar-refractivity contribution in [3.63, 3.8) is 0 Å². The number of phenols is 1. The summed E-state index contributed by atoms with van der Waals surface area (Å²) in [6, 6.07) is 6.56. The zero-order chi connectivity index (χ0) is 23.3. The van der Waals surface area contributed by atoms with Gasteiger partial charge in [0.1, 0.15) is 11.3 Å². The van der Waals surface area contributed by atoms with Gasteiger partial charge in [-0.15, -0.1) is 0 Å². The molecule has 2 saturated carbocycles. The first-order valence-corrected chi connectivity index (χ1v) is 11.9. The van der Waals surface area contributed by atoms with Crippen molar-refractivity contribution in [2.24, 2.45) is 11.7 Å². The number of hydrogen-bond acceptors (Lipinski definition) is 5. The summed E-state index contributed by atoms with van der Waals surface area (Å²) in [6.07, 6.45) is 6.80. The van der Waals surface area contributed by atoms with Crippen molar-refractivity contribution in [2.45, 2.75) is 50.6 Å². The van der Waals surface area contributed by atoms with Crippen LogP contribution in [0.25, 0.3) is 22.0 Å². The average molecular weight is 488 g/mol. The number of nitrogens with one attached hydrogen (secondary N) is 1. The number of Topliss-reactive ketones (excluding diaryl/α,β-unsaturated/α-hetero) is 1. The third-order valence-corrected chi connectivity index (χ3v) is 7.19. The summed E-state index contributed by atoms with van der Waals surface area (Å²) in [4.78, 5) is 17.4. The highest BCUT2D eigenvalue weighted by Gasteiger charge is 2.33. The molecule has 0 amide bonds. The number of ketones is 1. The Bertz CT molecular complexity index is 1230. The number of nitrogens with two attached hydrogens (primary N) is 1. The predicted molar refractivity (Wildman–Crippen MR) is 130 cm³/mol. The topological polar surface area (TPSA) is 88.2 Å². The molecule has 3 aromatic rings. The first-order chi connectivity index (χ1) is 15.8. The van der Waals surface area contributed by atoms with Gasteiger partial charge in [-0.1, -0.05) is 23.2 Å². The maximum atomic E-state index is 15.2. The molecule has 0 spiro atoms. The average Bonchev–Trinajstić information content (AvgIpc) is 3.64. The van der Waals surface area contributed by atoms with E-state index >= 15 is 4.39 Å². The van der Waals surface area contributed by atoms with E-state index in [1.165, 1.54) is 24.4 Å². The Morgan fingerprint density at radius 2 is 1.67 bits per heavy atom. The first-order valence-electron chi connectivity index (χ1n) is 11.2. The molecule has 0 bridgehead atoms. The maximum Gasteiger partial charge on any atom is 0.169 e. The van der Waals surface area contributed by atoms with E-state index in [0.29, 0.717) is 27.8 Å². The van der Waals surface area contributed by atoms with E-state index in [9.17, 15) is 9.90 Å². The Kier molecular flexibility index (Phi) is 5.93. The lowest BCUT2D eigenvalue weighted by Crippen LogP contribution is -2.33. The van der Waals surface area contributed by atoms with Crippen LogP contribution in [0, 0.1) is 11.7 Å². The largest absolute Gasteiger partial charge is 0.505 e. The van der Waals surface area contributed by atoms with E-state index in [2.05, 4.69) is 10.3 Å². The van der Waals surface area contributed by atoms with Gasteiger partial charge in [0.2, 0.25) is 0 Å². The highest BCUT2D eigenvalue weighted by atomic mass is 35.5. The van der Waals surface area contributed by atoms with E-state index in [0.717, 1.165) is 38.5 Å². The van der Waals surface area contributed by atoms with Crippen molar-refractivity contribution in [2.75, 3.05) is 5.32 Å². The Labute approximate surface area is 201 Å². The van der Waals surface area contributed by atoms with Crippen LogP contribution < -0.4 is 11.1 Å². The zero-order valence-corrected chi connectivity index (χ0v) is 19.4. The molecule has 8 heteroatoms. The summed E-state index contributed by atoms with van der Waals surface area (Å²) in [7, 11) is 0. The number of halogens is 3. The molecular formula is C25H24Cl2FN3O2. The van der Waals surface area contributed by atoms with Gasteiger partial charge in [-0.05, 0) is 73.9 Å². The number of benzene rings is 2. The van der Waals surface area contributed by atoms with Crippen LogP contribution in [0.15, 0.2) is 30.5 Å². The standard InChI is InChI=1S/C25H24Cl2FN3O2/c26-19-8-14(9-20(27)25(19)33)13-7-17-22(31-16-5-3-15(29)4-6-16)18(24(32)12-1-2-12)11-30-23(17)21(28)10-13/h7-12,15-16,33H,1-6,29H2,(H,30,31)/t15-,16-. The Hall–Kier alpha value is -2.41. The molecule has 1 heterocycles. The van der Waals surface area contributed by atoms with Crippen LogP contribution in [0.4, 0.5) is 10.1 Å².